The minimum Gasteiger partial charge on any atom is -0.487 e. The van der Waals surface area contributed by atoms with Crippen molar-refractivity contribution >= 4 is 24.0 Å². The molecule has 4 rings (SSSR count). The van der Waals surface area contributed by atoms with E-state index in [0.29, 0.717) is 30.6 Å². The molecule has 0 bridgehead atoms. The SMILES string of the molecule is Cl.NC1COCc2c1cnn2-c1cccc(OCc2ccccc2)c1Cl. The summed E-state index contributed by atoms with van der Waals surface area (Å²) in [7, 11) is 0. The third-order valence-corrected chi connectivity index (χ3v) is 4.62. The van der Waals surface area contributed by atoms with Crippen LogP contribution in [0.25, 0.3) is 5.69 Å². The van der Waals surface area contributed by atoms with Gasteiger partial charge in [-0.15, -0.1) is 12.4 Å². The van der Waals surface area contributed by atoms with E-state index in [0.717, 1.165) is 22.5 Å². The molecular weight excluding hydrogens is 373 g/mol. The van der Waals surface area contributed by atoms with Crippen LogP contribution in [0.3, 0.4) is 0 Å². The highest BCUT2D eigenvalue weighted by atomic mass is 35.5. The van der Waals surface area contributed by atoms with Crippen LogP contribution >= 0.6 is 24.0 Å². The van der Waals surface area contributed by atoms with Gasteiger partial charge in [-0.3, -0.25) is 0 Å². The van der Waals surface area contributed by atoms with Crippen LogP contribution in [-0.2, 0) is 18.0 Å². The van der Waals surface area contributed by atoms with Crippen LogP contribution in [0.5, 0.6) is 5.75 Å². The maximum absolute atomic E-state index is 6.59. The molecule has 0 fully saturated rings. The molecule has 136 valence electrons. The second-order valence-corrected chi connectivity index (χ2v) is 6.32. The number of halogens is 2. The fraction of sp³-hybridized carbons (Fsp3) is 0.211. The first-order valence-corrected chi connectivity index (χ1v) is 8.47. The van der Waals surface area contributed by atoms with Crippen LogP contribution in [0.4, 0.5) is 0 Å². The lowest BCUT2D eigenvalue weighted by Crippen LogP contribution is -2.24. The summed E-state index contributed by atoms with van der Waals surface area (Å²) in [5.41, 5.74) is 9.85. The van der Waals surface area contributed by atoms with E-state index >= 15 is 0 Å². The second-order valence-electron chi connectivity index (χ2n) is 5.94. The summed E-state index contributed by atoms with van der Waals surface area (Å²) >= 11 is 6.59. The van der Waals surface area contributed by atoms with Gasteiger partial charge in [-0.1, -0.05) is 48.0 Å². The summed E-state index contributed by atoms with van der Waals surface area (Å²) in [6.45, 7) is 1.43. The molecule has 0 radical (unpaired) electrons. The number of nitrogens with zero attached hydrogens (tertiary/aromatic N) is 2. The van der Waals surface area contributed by atoms with Crippen molar-refractivity contribution < 1.29 is 9.47 Å². The van der Waals surface area contributed by atoms with Crippen molar-refractivity contribution in [1.29, 1.82) is 0 Å². The number of aromatic nitrogens is 2. The van der Waals surface area contributed by atoms with Gasteiger partial charge in [-0.25, -0.2) is 4.68 Å². The van der Waals surface area contributed by atoms with Crippen LogP contribution in [0, 0.1) is 0 Å². The average molecular weight is 392 g/mol. The van der Waals surface area contributed by atoms with Crippen LogP contribution < -0.4 is 10.5 Å². The van der Waals surface area contributed by atoms with Crippen molar-refractivity contribution in [3.8, 4) is 11.4 Å². The van der Waals surface area contributed by atoms with E-state index in [4.69, 9.17) is 26.8 Å². The Bertz CT molecular complexity index is 884. The van der Waals surface area contributed by atoms with Gasteiger partial charge in [0.2, 0.25) is 0 Å². The van der Waals surface area contributed by atoms with Gasteiger partial charge in [0.25, 0.3) is 0 Å². The van der Waals surface area contributed by atoms with E-state index in [-0.39, 0.29) is 18.4 Å². The normalized spacial score (nSPS) is 15.8. The molecule has 5 nitrogen and oxygen atoms in total. The monoisotopic (exact) mass is 391 g/mol. The molecule has 7 heteroatoms. The summed E-state index contributed by atoms with van der Waals surface area (Å²) < 4.78 is 13.2. The fourth-order valence-corrected chi connectivity index (χ4v) is 3.19. The van der Waals surface area contributed by atoms with Crippen molar-refractivity contribution in [3.63, 3.8) is 0 Å². The maximum Gasteiger partial charge on any atom is 0.140 e. The van der Waals surface area contributed by atoms with E-state index in [1.54, 1.807) is 10.9 Å². The molecule has 2 N–H and O–H groups in total. The zero-order chi connectivity index (χ0) is 17.2. The minimum atomic E-state index is -0.159. The molecule has 2 heterocycles. The highest BCUT2D eigenvalue weighted by Gasteiger charge is 2.24. The second kappa shape index (κ2) is 8.10. The summed E-state index contributed by atoms with van der Waals surface area (Å²) in [6.07, 6.45) is 1.79. The highest BCUT2D eigenvalue weighted by Crippen LogP contribution is 2.34. The van der Waals surface area contributed by atoms with E-state index < -0.39 is 0 Å². The van der Waals surface area contributed by atoms with Gasteiger partial charge >= 0.3 is 0 Å². The molecule has 0 amide bonds. The van der Waals surface area contributed by atoms with Crippen LogP contribution in [0.1, 0.15) is 22.9 Å². The molecule has 0 saturated carbocycles. The van der Waals surface area contributed by atoms with Crippen molar-refractivity contribution in [2.75, 3.05) is 6.61 Å². The van der Waals surface area contributed by atoms with Crippen molar-refractivity contribution in [3.05, 3.63) is 76.6 Å². The molecule has 1 aromatic heterocycles. The molecule has 1 aliphatic heterocycles. The molecule has 1 unspecified atom stereocenters. The number of benzene rings is 2. The average Bonchev–Trinajstić information content (AvgIpc) is 3.07. The van der Waals surface area contributed by atoms with Crippen LogP contribution in [-0.4, -0.2) is 16.4 Å². The van der Waals surface area contributed by atoms with E-state index in [1.165, 1.54) is 0 Å². The predicted octanol–water partition coefficient (Wildman–Crippen LogP) is 4.06. The van der Waals surface area contributed by atoms with Crippen molar-refractivity contribution in [1.82, 2.24) is 9.78 Å². The summed E-state index contributed by atoms with van der Waals surface area (Å²) in [5, 5.41) is 4.97. The van der Waals surface area contributed by atoms with Crippen molar-refractivity contribution in [2.45, 2.75) is 19.3 Å². The van der Waals surface area contributed by atoms with Crippen LogP contribution in [0.15, 0.2) is 54.7 Å². The number of rotatable bonds is 4. The standard InChI is InChI=1S/C19H18ClN3O2.ClH/c20-19-16(23-17-12-24-11-15(21)14(17)9-22-23)7-4-8-18(19)25-10-13-5-2-1-3-6-13;/h1-9,15H,10-12,21H2;1H. The molecule has 0 spiro atoms. The van der Waals surface area contributed by atoms with Crippen LogP contribution in [0.2, 0.25) is 5.02 Å². The molecule has 0 saturated heterocycles. The molecule has 3 aromatic rings. The first-order valence-electron chi connectivity index (χ1n) is 8.10. The Morgan fingerprint density at radius 1 is 1.19 bits per heavy atom. The van der Waals surface area contributed by atoms with Gasteiger partial charge in [0.05, 0.1) is 36.8 Å². The maximum atomic E-state index is 6.59. The molecule has 1 aliphatic rings. The predicted molar refractivity (Wildman–Crippen MR) is 103 cm³/mol. The Balaban J connectivity index is 0.00000196. The van der Waals surface area contributed by atoms with Gasteiger partial charge < -0.3 is 15.2 Å². The largest absolute Gasteiger partial charge is 0.487 e. The lowest BCUT2D eigenvalue weighted by Gasteiger charge is -2.20. The van der Waals surface area contributed by atoms with Gasteiger partial charge in [-0.05, 0) is 17.7 Å². The number of hydrogen-bond donors (Lipinski definition) is 1. The van der Waals surface area contributed by atoms with Gasteiger partial charge in [0.15, 0.2) is 0 Å². The highest BCUT2D eigenvalue weighted by molar-refractivity contribution is 6.33. The number of nitrogens with two attached hydrogens (primary N) is 1. The quantitative estimate of drug-likeness (QED) is 0.728. The summed E-state index contributed by atoms with van der Waals surface area (Å²) in [4.78, 5) is 0. The van der Waals surface area contributed by atoms with E-state index in [2.05, 4.69) is 5.10 Å². The molecule has 0 aliphatic carbocycles. The Morgan fingerprint density at radius 3 is 2.81 bits per heavy atom. The van der Waals surface area contributed by atoms with Gasteiger partial charge in [0, 0.05) is 5.56 Å². The third-order valence-electron chi connectivity index (χ3n) is 4.25. The summed E-state index contributed by atoms with van der Waals surface area (Å²) in [5.74, 6) is 0.619. The Morgan fingerprint density at radius 2 is 2.00 bits per heavy atom. The number of fused-ring (bicyclic) bond motifs is 1. The summed E-state index contributed by atoms with van der Waals surface area (Å²) in [6, 6.07) is 15.5. The lowest BCUT2D eigenvalue weighted by atomic mass is 10.1. The first-order chi connectivity index (χ1) is 12.2. The smallest absolute Gasteiger partial charge is 0.140 e. The third kappa shape index (κ3) is 3.57. The molecule has 1 atom stereocenters. The number of hydrogen-bond acceptors (Lipinski definition) is 4. The minimum absolute atomic E-state index is 0. The first kappa shape index (κ1) is 18.7. The topological polar surface area (TPSA) is 62.3 Å². The Kier molecular flexibility index (Phi) is 5.84. The van der Waals surface area contributed by atoms with E-state index in [1.807, 2.05) is 48.5 Å². The number of ether oxygens (including phenoxy) is 2. The fourth-order valence-electron chi connectivity index (χ4n) is 2.93. The van der Waals surface area contributed by atoms with E-state index in [9.17, 15) is 0 Å². The van der Waals surface area contributed by atoms with Gasteiger partial charge in [0.1, 0.15) is 17.4 Å². The Labute approximate surface area is 163 Å². The zero-order valence-electron chi connectivity index (χ0n) is 14.0. The van der Waals surface area contributed by atoms with Gasteiger partial charge in [-0.2, -0.15) is 5.10 Å². The molecular formula is C19H19Cl2N3O2. The molecule has 26 heavy (non-hydrogen) atoms. The lowest BCUT2D eigenvalue weighted by molar-refractivity contribution is 0.0885. The molecule has 2 aromatic carbocycles. The van der Waals surface area contributed by atoms with Crippen molar-refractivity contribution in [2.24, 2.45) is 5.73 Å². The Hall–Kier alpha value is -2.05. The zero-order valence-corrected chi connectivity index (χ0v) is 15.5.